The summed E-state index contributed by atoms with van der Waals surface area (Å²) in [6.07, 6.45) is 0. The number of aromatic nitrogens is 2. The summed E-state index contributed by atoms with van der Waals surface area (Å²) in [5, 5.41) is 10.2. The zero-order valence-corrected chi connectivity index (χ0v) is 13.5. The van der Waals surface area contributed by atoms with E-state index in [4.69, 9.17) is 9.37 Å². The van der Waals surface area contributed by atoms with E-state index in [1.54, 1.807) is 12.1 Å². The van der Waals surface area contributed by atoms with Crippen molar-refractivity contribution in [1.82, 2.24) is 10.3 Å². The predicted molar refractivity (Wildman–Crippen MR) is 88.0 cm³/mol. The van der Waals surface area contributed by atoms with E-state index >= 15 is 0 Å². The number of nitrogens with zero attached hydrogens (tertiary/aromatic N) is 2. The Labute approximate surface area is 140 Å². The molecule has 2 aromatic carbocycles. The summed E-state index contributed by atoms with van der Waals surface area (Å²) in [4.78, 5) is 12.0. The van der Waals surface area contributed by atoms with Crippen LogP contribution < -0.4 is 10.1 Å². The minimum atomic E-state index is -0.345. The molecule has 23 heavy (non-hydrogen) atoms. The SMILES string of the molecule is O=C(COc1ccccc1)Nc1nonc1-c1ccc(Br)cc1. The lowest BCUT2D eigenvalue weighted by atomic mass is 10.1. The Bertz CT molecular complexity index is 788. The predicted octanol–water partition coefficient (Wildman–Crippen LogP) is 3.52. The number of amides is 1. The van der Waals surface area contributed by atoms with Crippen molar-refractivity contribution in [3.05, 3.63) is 59.1 Å². The van der Waals surface area contributed by atoms with Crippen molar-refractivity contribution in [3.63, 3.8) is 0 Å². The highest BCUT2D eigenvalue weighted by atomic mass is 79.9. The van der Waals surface area contributed by atoms with E-state index in [0.29, 0.717) is 11.4 Å². The molecule has 1 heterocycles. The van der Waals surface area contributed by atoms with Crippen LogP contribution in [0.2, 0.25) is 0 Å². The Morgan fingerprint density at radius 1 is 1.09 bits per heavy atom. The van der Waals surface area contributed by atoms with Crippen LogP contribution in [0, 0.1) is 0 Å². The van der Waals surface area contributed by atoms with Crippen molar-refractivity contribution in [2.75, 3.05) is 11.9 Å². The molecular formula is C16H12BrN3O3. The highest BCUT2D eigenvalue weighted by Crippen LogP contribution is 2.25. The Morgan fingerprint density at radius 2 is 1.83 bits per heavy atom. The molecule has 0 aliphatic rings. The van der Waals surface area contributed by atoms with E-state index in [1.807, 2.05) is 42.5 Å². The molecule has 3 aromatic rings. The van der Waals surface area contributed by atoms with Crippen LogP contribution in [-0.2, 0) is 4.79 Å². The van der Waals surface area contributed by atoms with Gasteiger partial charge in [0.1, 0.15) is 5.75 Å². The maximum absolute atomic E-state index is 12.0. The molecule has 0 atom stereocenters. The van der Waals surface area contributed by atoms with E-state index in [-0.39, 0.29) is 18.3 Å². The average Bonchev–Trinajstić information content (AvgIpc) is 3.03. The number of nitrogens with one attached hydrogen (secondary N) is 1. The maximum Gasteiger partial charge on any atom is 0.263 e. The van der Waals surface area contributed by atoms with Gasteiger partial charge in [-0.05, 0) is 34.6 Å². The van der Waals surface area contributed by atoms with Crippen molar-refractivity contribution in [3.8, 4) is 17.0 Å². The molecule has 0 saturated heterocycles. The normalized spacial score (nSPS) is 10.3. The number of halogens is 1. The molecule has 0 unspecified atom stereocenters. The van der Waals surface area contributed by atoms with Crippen molar-refractivity contribution in [2.24, 2.45) is 0 Å². The topological polar surface area (TPSA) is 77.2 Å². The first-order valence-corrected chi connectivity index (χ1v) is 7.58. The van der Waals surface area contributed by atoms with Gasteiger partial charge in [0.05, 0.1) is 0 Å². The molecule has 0 radical (unpaired) electrons. The number of hydrogen-bond acceptors (Lipinski definition) is 5. The highest BCUT2D eigenvalue weighted by Gasteiger charge is 2.15. The standard InChI is InChI=1S/C16H12BrN3O3/c17-12-8-6-11(7-9-12)15-16(20-23-19-15)18-14(21)10-22-13-4-2-1-3-5-13/h1-9H,10H2,(H,18,20,21). The van der Waals surface area contributed by atoms with Gasteiger partial charge in [-0.25, -0.2) is 4.63 Å². The van der Waals surface area contributed by atoms with Crippen LogP contribution in [-0.4, -0.2) is 22.8 Å². The van der Waals surface area contributed by atoms with Gasteiger partial charge in [0.2, 0.25) is 5.82 Å². The molecule has 116 valence electrons. The molecule has 0 saturated carbocycles. The molecular weight excluding hydrogens is 362 g/mol. The number of hydrogen-bond donors (Lipinski definition) is 1. The number of benzene rings is 2. The molecule has 0 spiro atoms. The lowest BCUT2D eigenvalue weighted by molar-refractivity contribution is -0.118. The minimum absolute atomic E-state index is 0.128. The minimum Gasteiger partial charge on any atom is -0.484 e. The van der Waals surface area contributed by atoms with Crippen LogP contribution in [0.4, 0.5) is 5.82 Å². The first kappa shape index (κ1) is 15.2. The third-order valence-electron chi connectivity index (χ3n) is 2.98. The number of carbonyl (C=O) groups excluding carboxylic acids is 1. The third-order valence-corrected chi connectivity index (χ3v) is 3.51. The second-order valence-electron chi connectivity index (χ2n) is 4.62. The quantitative estimate of drug-likeness (QED) is 0.740. The van der Waals surface area contributed by atoms with Gasteiger partial charge in [-0.1, -0.05) is 46.3 Å². The van der Waals surface area contributed by atoms with Crippen molar-refractivity contribution in [1.29, 1.82) is 0 Å². The smallest absolute Gasteiger partial charge is 0.263 e. The maximum atomic E-state index is 12.0. The Morgan fingerprint density at radius 3 is 2.57 bits per heavy atom. The number of anilines is 1. The Kier molecular flexibility index (Phi) is 4.68. The van der Waals surface area contributed by atoms with Crippen molar-refractivity contribution in [2.45, 2.75) is 0 Å². The number of carbonyl (C=O) groups is 1. The molecule has 1 N–H and O–H groups in total. The monoisotopic (exact) mass is 373 g/mol. The summed E-state index contributed by atoms with van der Waals surface area (Å²) in [5.41, 5.74) is 1.25. The average molecular weight is 374 g/mol. The molecule has 7 heteroatoms. The van der Waals surface area contributed by atoms with E-state index < -0.39 is 0 Å². The van der Waals surface area contributed by atoms with Crippen LogP contribution in [0.3, 0.4) is 0 Å². The fourth-order valence-corrected chi connectivity index (χ4v) is 2.17. The number of ether oxygens (including phenoxy) is 1. The zero-order chi connectivity index (χ0) is 16.1. The molecule has 0 aliphatic carbocycles. The zero-order valence-electron chi connectivity index (χ0n) is 11.9. The second kappa shape index (κ2) is 7.06. The van der Waals surface area contributed by atoms with E-state index in [9.17, 15) is 4.79 Å². The van der Waals surface area contributed by atoms with E-state index in [0.717, 1.165) is 10.0 Å². The summed E-state index contributed by atoms with van der Waals surface area (Å²) in [6.45, 7) is -0.128. The Hall–Kier alpha value is -2.67. The highest BCUT2D eigenvalue weighted by molar-refractivity contribution is 9.10. The van der Waals surface area contributed by atoms with Crippen LogP contribution in [0.5, 0.6) is 5.75 Å². The van der Waals surface area contributed by atoms with Crippen molar-refractivity contribution < 1.29 is 14.2 Å². The summed E-state index contributed by atoms with van der Waals surface area (Å²) >= 11 is 3.36. The molecule has 0 aliphatic heterocycles. The fraction of sp³-hybridized carbons (Fsp3) is 0.0625. The first-order valence-electron chi connectivity index (χ1n) is 6.78. The van der Waals surface area contributed by atoms with Crippen LogP contribution in [0.25, 0.3) is 11.3 Å². The molecule has 3 rings (SSSR count). The van der Waals surface area contributed by atoms with Crippen molar-refractivity contribution >= 4 is 27.7 Å². The van der Waals surface area contributed by atoms with Gasteiger partial charge in [-0.15, -0.1) is 0 Å². The lowest BCUT2D eigenvalue weighted by Crippen LogP contribution is -2.20. The van der Waals surface area contributed by atoms with Gasteiger partial charge in [-0.2, -0.15) is 0 Å². The molecule has 1 amide bonds. The molecule has 1 aromatic heterocycles. The lowest BCUT2D eigenvalue weighted by Gasteiger charge is -2.06. The summed E-state index contributed by atoms with van der Waals surface area (Å²) in [7, 11) is 0. The van der Waals surface area contributed by atoms with E-state index in [2.05, 4.69) is 31.6 Å². The van der Waals surface area contributed by atoms with Gasteiger partial charge < -0.3 is 10.1 Å². The van der Waals surface area contributed by atoms with Gasteiger partial charge in [0, 0.05) is 10.0 Å². The van der Waals surface area contributed by atoms with Crippen LogP contribution in [0.15, 0.2) is 63.7 Å². The first-order chi connectivity index (χ1) is 11.2. The summed E-state index contributed by atoms with van der Waals surface area (Å²) in [6, 6.07) is 16.5. The molecule has 0 bridgehead atoms. The fourth-order valence-electron chi connectivity index (χ4n) is 1.90. The Balaban J connectivity index is 1.65. The van der Waals surface area contributed by atoms with Gasteiger partial charge in [0.15, 0.2) is 12.3 Å². The second-order valence-corrected chi connectivity index (χ2v) is 5.53. The number of para-hydroxylation sites is 1. The summed E-state index contributed by atoms with van der Waals surface area (Å²) < 4.78 is 11.1. The van der Waals surface area contributed by atoms with Crippen LogP contribution in [0.1, 0.15) is 0 Å². The van der Waals surface area contributed by atoms with Gasteiger partial charge in [0.25, 0.3) is 5.91 Å². The van der Waals surface area contributed by atoms with Gasteiger partial charge in [-0.3, -0.25) is 4.79 Å². The van der Waals surface area contributed by atoms with Crippen LogP contribution >= 0.6 is 15.9 Å². The van der Waals surface area contributed by atoms with E-state index in [1.165, 1.54) is 0 Å². The number of rotatable bonds is 5. The third kappa shape index (κ3) is 3.95. The summed E-state index contributed by atoms with van der Waals surface area (Å²) in [5.74, 6) is 0.533. The van der Waals surface area contributed by atoms with Gasteiger partial charge >= 0.3 is 0 Å². The molecule has 6 nitrogen and oxygen atoms in total. The largest absolute Gasteiger partial charge is 0.484 e. The molecule has 0 fully saturated rings.